The van der Waals surface area contributed by atoms with E-state index in [1.807, 2.05) is 18.4 Å². The maximum atomic E-state index is 11.8. The van der Waals surface area contributed by atoms with Crippen molar-refractivity contribution in [2.24, 2.45) is 0 Å². The number of carbonyl (C=O) groups is 1. The maximum absolute atomic E-state index is 11.8. The molecule has 0 unspecified atom stereocenters. The molecule has 1 heterocycles. The van der Waals surface area contributed by atoms with Gasteiger partial charge in [-0.2, -0.15) is 0 Å². The lowest BCUT2D eigenvalue weighted by molar-refractivity contribution is -0.129. The van der Waals surface area contributed by atoms with Gasteiger partial charge in [0, 0.05) is 24.7 Å². The molecular weight excluding hydrogens is 296 g/mol. The second kappa shape index (κ2) is 6.28. The number of benzene rings is 1. The van der Waals surface area contributed by atoms with Gasteiger partial charge in [0.2, 0.25) is 5.91 Å². The van der Waals surface area contributed by atoms with Crippen LogP contribution in [0.5, 0.6) is 0 Å². The van der Waals surface area contributed by atoms with E-state index in [4.69, 9.17) is 11.6 Å². The summed E-state index contributed by atoms with van der Waals surface area (Å²) >= 11 is 7.33. The van der Waals surface area contributed by atoms with Gasteiger partial charge < -0.3 is 4.90 Å². The Morgan fingerprint density at radius 2 is 2.00 bits per heavy atom. The predicted octanol–water partition coefficient (Wildman–Crippen LogP) is 2.41. The Bertz CT molecular complexity index is 609. The minimum atomic E-state index is -0.0205. The average molecular weight is 311 g/mol. The second-order valence-electron chi connectivity index (χ2n) is 4.37. The van der Waals surface area contributed by atoms with Crippen molar-refractivity contribution < 1.29 is 4.79 Å². The Labute approximate surface area is 126 Å². The maximum Gasteiger partial charge on any atom is 0.243 e. The zero-order valence-electron chi connectivity index (χ0n) is 11.5. The van der Waals surface area contributed by atoms with E-state index in [0.29, 0.717) is 16.0 Å². The summed E-state index contributed by atoms with van der Waals surface area (Å²) in [5, 5.41) is 5.78. The number of thioether (sulfide) groups is 1. The fourth-order valence-electron chi connectivity index (χ4n) is 1.57. The number of rotatable bonds is 4. The molecule has 0 fully saturated rings. The smallest absolute Gasteiger partial charge is 0.243 e. The van der Waals surface area contributed by atoms with Crippen LogP contribution in [0.25, 0.3) is 11.4 Å². The molecule has 1 amide bonds. The monoisotopic (exact) mass is 310 g/mol. The molecule has 0 spiro atoms. The topological polar surface area (TPSA) is 51.0 Å². The highest BCUT2D eigenvalue weighted by atomic mass is 35.5. The van der Waals surface area contributed by atoms with Crippen LogP contribution in [0.15, 0.2) is 29.4 Å². The summed E-state index contributed by atoms with van der Waals surface area (Å²) in [6.07, 6.45) is 1.91. The zero-order valence-corrected chi connectivity index (χ0v) is 13.1. The normalized spacial score (nSPS) is 10.6. The Kier molecular flexibility index (Phi) is 4.67. The molecule has 1 aromatic heterocycles. The van der Waals surface area contributed by atoms with Gasteiger partial charge in [0.15, 0.2) is 11.0 Å². The molecule has 0 atom stereocenters. The number of halogens is 1. The van der Waals surface area contributed by atoms with E-state index in [1.54, 1.807) is 30.9 Å². The molecule has 0 aliphatic rings. The van der Waals surface area contributed by atoms with Crippen LogP contribution in [-0.2, 0) is 11.3 Å². The van der Waals surface area contributed by atoms with Gasteiger partial charge >= 0.3 is 0 Å². The number of hydrogen-bond donors (Lipinski definition) is 0. The van der Waals surface area contributed by atoms with Crippen molar-refractivity contribution >= 4 is 29.3 Å². The molecule has 7 heteroatoms. The predicted molar refractivity (Wildman–Crippen MR) is 80.9 cm³/mol. The van der Waals surface area contributed by atoms with Crippen LogP contribution in [0.4, 0.5) is 0 Å². The summed E-state index contributed by atoms with van der Waals surface area (Å²) in [6.45, 7) is 0.184. The zero-order chi connectivity index (χ0) is 14.7. The quantitative estimate of drug-likeness (QED) is 0.814. The lowest BCUT2D eigenvalue weighted by atomic mass is 10.2. The number of hydrogen-bond acceptors (Lipinski definition) is 4. The van der Waals surface area contributed by atoms with Crippen molar-refractivity contribution in [2.75, 3.05) is 20.4 Å². The number of aromatic nitrogens is 3. The number of carbonyl (C=O) groups excluding carboxylic acids is 1. The van der Waals surface area contributed by atoms with Crippen LogP contribution in [0.1, 0.15) is 0 Å². The van der Waals surface area contributed by atoms with Crippen molar-refractivity contribution in [2.45, 2.75) is 11.7 Å². The highest BCUT2D eigenvalue weighted by molar-refractivity contribution is 7.98. The highest BCUT2D eigenvalue weighted by Gasteiger charge is 2.14. The molecule has 20 heavy (non-hydrogen) atoms. The molecule has 106 valence electrons. The van der Waals surface area contributed by atoms with E-state index >= 15 is 0 Å². The van der Waals surface area contributed by atoms with Gasteiger partial charge in [0.05, 0.1) is 0 Å². The Balaban J connectivity index is 2.31. The molecular formula is C13H15ClN4OS. The van der Waals surface area contributed by atoms with Crippen LogP contribution in [0, 0.1) is 0 Å². The average Bonchev–Trinajstić information content (AvgIpc) is 2.82. The largest absolute Gasteiger partial charge is 0.347 e. The van der Waals surface area contributed by atoms with Gasteiger partial charge in [0.25, 0.3) is 0 Å². The van der Waals surface area contributed by atoms with Crippen molar-refractivity contribution in [3.05, 3.63) is 29.3 Å². The number of likely N-dealkylation sites (N-methyl/N-ethyl adjacent to an activating group) is 1. The summed E-state index contributed by atoms with van der Waals surface area (Å²) in [4.78, 5) is 17.8. The number of nitrogens with zero attached hydrogens (tertiary/aromatic N) is 4. The third kappa shape index (κ3) is 3.32. The molecule has 0 radical (unpaired) electrons. The molecule has 0 aliphatic carbocycles. The minimum absolute atomic E-state index is 0.0205. The molecule has 1 aromatic carbocycles. The number of amides is 1. The fourth-order valence-corrected chi connectivity index (χ4v) is 2.19. The van der Waals surface area contributed by atoms with Crippen LogP contribution in [0.2, 0.25) is 5.02 Å². The van der Waals surface area contributed by atoms with E-state index in [9.17, 15) is 4.79 Å². The van der Waals surface area contributed by atoms with Gasteiger partial charge in [-0.1, -0.05) is 23.4 Å². The van der Waals surface area contributed by atoms with Crippen LogP contribution >= 0.6 is 23.4 Å². The third-order valence-electron chi connectivity index (χ3n) is 2.71. The molecule has 0 saturated heterocycles. The molecule has 0 bridgehead atoms. The lowest BCUT2D eigenvalue weighted by Gasteiger charge is -2.10. The molecule has 2 aromatic rings. The van der Waals surface area contributed by atoms with Crippen molar-refractivity contribution in [1.82, 2.24) is 19.7 Å². The summed E-state index contributed by atoms with van der Waals surface area (Å²) < 4.78 is 1.62. The summed E-state index contributed by atoms with van der Waals surface area (Å²) in [7, 11) is 3.44. The first kappa shape index (κ1) is 14.9. The van der Waals surface area contributed by atoms with E-state index < -0.39 is 0 Å². The van der Waals surface area contributed by atoms with Crippen molar-refractivity contribution in [3.63, 3.8) is 0 Å². The van der Waals surface area contributed by atoms with Crippen molar-refractivity contribution in [1.29, 1.82) is 0 Å². The highest BCUT2D eigenvalue weighted by Crippen LogP contribution is 2.21. The fraction of sp³-hybridized carbons (Fsp3) is 0.308. The Hall–Kier alpha value is -1.53. The lowest BCUT2D eigenvalue weighted by Crippen LogP contribution is -2.27. The second-order valence-corrected chi connectivity index (χ2v) is 5.58. The van der Waals surface area contributed by atoms with Gasteiger partial charge in [-0.25, -0.2) is 9.67 Å². The van der Waals surface area contributed by atoms with Crippen LogP contribution < -0.4 is 0 Å². The van der Waals surface area contributed by atoms with E-state index in [1.165, 1.54) is 16.7 Å². The summed E-state index contributed by atoms with van der Waals surface area (Å²) in [5.41, 5.74) is 0.876. The SMILES string of the molecule is CSc1nc(-c2ccc(Cl)cc2)nn1CC(=O)N(C)C. The molecule has 0 saturated carbocycles. The minimum Gasteiger partial charge on any atom is -0.347 e. The van der Waals surface area contributed by atoms with Crippen LogP contribution in [0.3, 0.4) is 0 Å². The van der Waals surface area contributed by atoms with E-state index in [0.717, 1.165) is 5.56 Å². The van der Waals surface area contributed by atoms with Gasteiger partial charge in [-0.15, -0.1) is 5.10 Å². The van der Waals surface area contributed by atoms with Gasteiger partial charge in [-0.05, 0) is 30.5 Å². The molecule has 5 nitrogen and oxygen atoms in total. The first-order chi connectivity index (χ1) is 9.51. The van der Waals surface area contributed by atoms with Crippen molar-refractivity contribution in [3.8, 4) is 11.4 Å². The summed E-state index contributed by atoms with van der Waals surface area (Å²) in [5.74, 6) is 0.574. The first-order valence-corrected chi connectivity index (χ1v) is 7.56. The summed E-state index contributed by atoms with van der Waals surface area (Å²) in [6, 6.07) is 7.31. The van der Waals surface area contributed by atoms with Gasteiger partial charge in [0.1, 0.15) is 6.54 Å². The third-order valence-corrected chi connectivity index (χ3v) is 3.63. The molecule has 2 rings (SSSR count). The van der Waals surface area contributed by atoms with Crippen LogP contribution in [-0.4, -0.2) is 45.9 Å². The molecule has 0 aliphatic heterocycles. The Morgan fingerprint density at radius 1 is 1.35 bits per heavy atom. The first-order valence-electron chi connectivity index (χ1n) is 5.96. The van der Waals surface area contributed by atoms with E-state index in [2.05, 4.69) is 10.1 Å². The Morgan fingerprint density at radius 3 is 2.55 bits per heavy atom. The standard InChI is InChI=1S/C13H15ClN4OS/c1-17(2)11(19)8-18-13(20-3)15-12(16-18)9-4-6-10(14)7-5-9/h4-7H,8H2,1-3H3. The molecule has 0 N–H and O–H groups in total. The van der Waals surface area contributed by atoms with Gasteiger partial charge in [-0.3, -0.25) is 4.79 Å². The van der Waals surface area contributed by atoms with E-state index in [-0.39, 0.29) is 12.5 Å².